The Bertz CT molecular complexity index is 511. The summed E-state index contributed by atoms with van der Waals surface area (Å²) in [4.78, 5) is 22.8. The number of benzene rings is 1. The smallest absolute Gasteiger partial charge is 0.339 e. The second-order valence-corrected chi connectivity index (χ2v) is 4.60. The Morgan fingerprint density at radius 1 is 1.47 bits per heavy atom. The largest absolute Gasteiger partial charge is 0.480 e. The average molecular weight is 264 g/mol. The third-order valence-corrected chi connectivity index (χ3v) is 2.83. The Hall–Kier alpha value is -2.24. The number of nitrogens with two attached hydrogens (primary N) is 1. The molecular weight excluding hydrogens is 248 g/mol. The van der Waals surface area contributed by atoms with Gasteiger partial charge in [0.1, 0.15) is 11.3 Å². The lowest BCUT2D eigenvalue weighted by Gasteiger charge is -2.16. The Morgan fingerprint density at radius 3 is 2.74 bits per heavy atom. The number of rotatable bonds is 5. The van der Waals surface area contributed by atoms with Gasteiger partial charge in [-0.25, -0.2) is 4.79 Å². The minimum Gasteiger partial charge on any atom is -0.480 e. The van der Waals surface area contributed by atoms with Crippen molar-refractivity contribution in [1.29, 1.82) is 0 Å². The zero-order chi connectivity index (χ0) is 14.0. The van der Waals surface area contributed by atoms with Crippen LogP contribution in [0, 0.1) is 0 Å². The number of carboxylic acids is 1. The third kappa shape index (κ3) is 3.37. The van der Waals surface area contributed by atoms with Crippen LogP contribution in [-0.2, 0) is 4.79 Å². The predicted molar refractivity (Wildman–Crippen MR) is 69.1 cm³/mol. The van der Waals surface area contributed by atoms with E-state index in [1.54, 1.807) is 6.92 Å². The summed E-state index contributed by atoms with van der Waals surface area (Å²) in [6, 6.07) is 4.54. The number of aromatic carboxylic acids is 1. The fourth-order valence-electron chi connectivity index (χ4n) is 1.61. The number of hydrogen-bond acceptors (Lipinski definition) is 4. The minimum absolute atomic E-state index is 0.0499. The van der Waals surface area contributed by atoms with Gasteiger partial charge in [-0.1, -0.05) is 0 Å². The Kier molecular flexibility index (Phi) is 3.59. The van der Waals surface area contributed by atoms with E-state index < -0.39 is 12.1 Å². The second kappa shape index (κ2) is 5.17. The van der Waals surface area contributed by atoms with Crippen LogP contribution in [0.5, 0.6) is 5.75 Å². The number of carbonyl (C=O) groups excluding carboxylic acids is 1. The first kappa shape index (κ1) is 13.2. The van der Waals surface area contributed by atoms with Crippen LogP contribution in [0.1, 0.15) is 30.1 Å². The molecule has 1 amide bonds. The van der Waals surface area contributed by atoms with Crippen molar-refractivity contribution in [3.63, 3.8) is 0 Å². The van der Waals surface area contributed by atoms with E-state index in [1.807, 2.05) is 0 Å². The molecule has 1 aliphatic rings. The molecule has 1 atom stereocenters. The zero-order valence-corrected chi connectivity index (χ0v) is 10.6. The summed E-state index contributed by atoms with van der Waals surface area (Å²) in [7, 11) is 0. The van der Waals surface area contributed by atoms with Gasteiger partial charge in [0.2, 0.25) is 0 Å². The molecule has 0 saturated heterocycles. The molecule has 0 aromatic heterocycles. The number of ether oxygens (including phenoxy) is 1. The second-order valence-electron chi connectivity index (χ2n) is 4.60. The summed E-state index contributed by atoms with van der Waals surface area (Å²) in [5.74, 6) is -1.24. The van der Waals surface area contributed by atoms with Crippen molar-refractivity contribution in [2.75, 3.05) is 5.73 Å². The first-order valence-corrected chi connectivity index (χ1v) is 6.07. The summed E-state index contributed by atoms with van der Waals surface area (Å²) < 4.78 is 5.40. The topological polar surface area (TPSA) is 102 Å². The Morgan fingerprint density at radius 2 is 2.16 bits per heavy atom. The van der Waals surface area contributed by atoms with Crippen molar-refractivity contribution in [2.24, 2.45) is 0 Å². The van der Waals surface area contributed by atoms with Gasteiger partial charge < -0.3 is 20.9 Å². The van der Waals surface area contributed by atoms with E-state index in [-0.39, 0.29) is 23.3 Å². The maximum absolute atomic E-state index is 11.7. The molecule has 4 N–H and O–H groups in total. The molecule has 0 heterocycles. The number of anilines is 1. The molecule has 6 nitrogen and oxygen atoms in total. The van der Waals surface area contributed by atoms with Gasteiger partial charge in [-0.3, -0.25) is 4.79 Å². The highest BCUT2D eigenvalue weighted by atomic mass is 16.5. The normalized spacial score (nSPS) is 15.6. The van der Waals surface area contributed by atoms with Gasteiger partial charge in [0.05, 0.1) is 0 Å². The number of hydrogen-bond donors (Lipinski definition) is 3. The summed E-state index contributed by atoms with van der Waals surface area (Å²) in [5.41, 5.74) is 5.82. The van der Waals surface area contributed by atoms with E-state index in [2.05, 4.69) is 5.32 Å². The van der Waals surface area contributed by atoms with Gasteiger partial charge in [-0.05, 0) is 38.0 Å². The van der Waals surface area contributed by atoms with Gasteiger partial charge in [0, 0.05) is 11.7 Å². The molecule has 0 bridgehead atoms. The standard InChI is InChI=1S/C13H16N2O4/c1-7(12(16)15-9-3-4-9)19-11-5-2-8(14)6-10(11)13(17)18/h2,5-7,9H,3-4,14H2,1H3,(H,15,16)(H,17,18). The summed E-state index contributed by atoms with van der Waals surface area (Å²) in [6.45, 7) is 1.58. The fourth-order valence-corrected chi connectivity index (χ4v) is 1.61. The van der Waals surface area contributed by atoms with E-state index in [0.717, 1.165) is 12.8 Å². The molecule has 19 heavy (non-hydrogen) atoms. The lowest BCUT2D eigenvalue weighted by Crippen LogP contribution is -2.37. The predicted octanol–water partition coefficient (Wildman–Crippen LogP) is 1.01. The lowest BCUT2D eigenvalue weighted by molar-refractivity contribution is -0.127. The number of carbonyl (C=O) groups is 2. The maximum atomic E-state index is 11.7. The van der Waals surface area contributed by atoms with Gasteiger partial charge in [0.15, 0.2) is 6.10 Å². The molecule has 0 radical (unpaired) electrons. The Labute approximate surface area is 110 Å². The van der Waals surface area contributed by atoms with E-state index in [1.165, 1.54) is 18.2 Å². The SMILES string of the molecule is CC(Oc1ccc(N)cc1C(=O)O)C(=O)NC1CC1. The van der Waals surface area contributed by atoms with Gasteiger partial charge in [0.25, 0.3) is 5.91 Å². The molecule has 2 rings (SSSR count). The first-order chi connectivity index (χ1) is 8.97. The van der Waals surface area contributed by atoms with Crippen molar-refractivity contribution < 1.29 is 19.4 Å². The van der Waals surface area contributed by atoms with Crippen LogP contribution in [0.3, 0.4) is 0 Å². The zero-order valence-electron chi connectivity index (χ0n) is 10.6. The highest BCUT2D eigenvalue weighted by Crippen LogP contribution is 2.23. The highest BCUT2D eigenvalue weighted by molar-refractivity contribution is 5.92. The molecule has 1 aromatic rings. The minimum atomic E-state index is -1.14. The molecule has 1 aromatic carbocycles. The highest BCUT2D eigenvalue weighted by Gasteiger charge is 2.27. The van der Waals surface area contributed by atoms with Crippen molar-refractivity contribution in [3.8, 4) is 5.75 Å². The van der Waals surface area contributed by atoms with E-state index in [0.29, 0.717) is 5.69 Å². The van der Waals surface area contributed by atoms with Gasteiger partial charge in [-0.15, -0.1) is 0 Å². The molecule has 1 saturated carbocycles. The first-order valence-electron chi connectivity index (χ1n) is 6.07. The summed E-state index contributed by atoms with van der Waals surface area (Å²) in [5, 5.41) is 11.9. The van der Waals surface area contributed by atoms with Crippen LogP contribution in [0.15, 0.2) is 18.2 Å². The third-order valence-electron chi connectivity index (χ3n) is 2.83. The molecule has 0 aliphatic heterocycles. The average Bonchev–Trinajstić information content (AvgIpc) is 3.14. The van der Waals surface area contributed by atoms with Crippen LogP contribution in [-0.4, -0.2) is 29.1 Å². The molecular formula is C13H16N2O4. The van der Waals surface area contributed by atoms with Gasteiger partial charge in [-0.2, -0.15) is 0 Å². The number of nitrogens with one attached hydrogen (secondary N) is 1. The summed E-state index contributed by atoms with van der Waals surface area (Å²) in [6.07, 6.45) is 1.23. The van der Waals surface area contributed by atoms with Crippen LogP contribution < -0.4 is 15.8 Å². The molecule has 1 aliphatic carbocycles. The van der Waals surface area contributed by atoms with E-state index >= 15 is 0 Å². The van der Waals surface area contributed by atoms with Crippen LogP contribution in [0.2, 0.25) is 0 Å². The number of carboxylic acid groups (broad SMARTS) is 1. The molecule has 0 spiro atoms. The fraction of sp³-hybridized carbons (Fsp3) is 0.385. The number of nitrogen functional groups attached to an aromatic ring is 1. The van der Waals surface area contributed by atoms with Crippen molar-refractivity contribution >= 4 is 17.6 Å². The molecule has 6 heteroatoms. The van der Waals surface area contributed by atoms with Crippen LogP contribution in [0.4, 0.5) is 5.69 Å². The van der Waals surface area contributed by atoms with E-state index in [9.17, 15) is 9.59 Å². The van der Waals surface area contributed by atoms with Crippen molar-refractivity contribution in [3.05, 3.63) is 23.8 Å². The quantitative estimate of drug-likeness (QED) is 0.689. The van der Waals surface area contributed by atoms with Gasteiger partial charge >= 0.3 is 5.97 Å². The Balaban J connectivity index is 2.08. The van der Waals surface area contributed by atoms with Crippen LogP contribution >= 0.6 is 0 Å². The van der Waals surface area contributed by atoms with Crippen LogP contribution in [0.25, 0.3) is 0 Å². The van der Waals surface area contributed by atoms with E-state index in [4.69, 9.17) is 15.6 Å². The summed E-state index contributed by atoms with van der Waals surface area (Å²) >= 11 is 0. The van der Waals surface area contributed by atoms with Crippen molar-refractivity contribution in [2.45, 2.75) is 31.9 Å². The number of amides is 1. The monoisotopic (exact) mass is 264 g/mol. The molecule has 1 unspecified atom stereocenters. The van der Waals surface area contributed by atoms with Crippen molar-refractivity contribution in [1.82, 2.24) is 5.32 Å². The molecule has 1 fully saturated rings. The lowest BCUT2D eigenvalue weighted by atomic mass is 10.2. The maximum Gasteiger partial charge on any atom is 0.339 e. The molecule has 102 valence electrons.